The SMILES string of the molecule is CCN(CC)[C@@H](C)CNC(=O)c1cc(-c2cnn3ccc(-c4cccs4)nc23)nc(N2CC[C@@H](C(=O)NC)C2)c1. The van der Waals surface area contributed by atoms with Crippen LogP contribution in [0.15, 0.2) is 48.1 Å². The van der Waals surface area contributed by atoms with Gasteiger partial charge in [0.2, 0.25) is 5.91 Å². The average Bonchev–Trinajstić information content (AvgIpc) is 3.76. The number of likely N-dealkylation sites (N-methyl/N-ethyl adjacent to an activating group) is 1. The van der Waals surface area contributed by atoms with E-state index in [4.69, 9.17) is 9.97 Å². The van der Waals surface area contributed by atoms with Gasteiger partial charge in [-0.15, -0.1) is 11.3 Å². The number of aromatic nitrogens is 4. The highest BCUT2D eigenvalue weighted by molar-refractivity contribution is 7.13. The first-order chi connectivity index (χ1) is 19.4. The van der Waals surface area contributed by atoms with Crippen molar-refractivity contribution in [3.8, 4) is 21.8 Å². The van der Waals surface area contributed by atoms with E-state index in [1.54, 1.807) is 29.1 Å². The summed E-state index contributed by atoms with van der Waals surface area (Å²) in [5.41, 5.74) is 3.41. The van der Waals surface area contributed by atoms with Crippen molar-refractivity contribution in [3.05, 3.63) is 53.7 Å². The van der Waals surface area contributed by atoms with E-state index in [-0.39, 0.29) is 23.8 Å². The van der Waals surface area contributed by atoms with Crippen LogP contribution in [-0.2, 0) is 4.79 Å². The van der Waals surface area contributed by atoms with Crippen molar-refractivity contribution in [1.82, 2.24) is 35.1 Å². The molecule has 210 valence electrons. The number of fused-ring (bicyclic) bond motifs is 1. The number of nitrogens with one attached hydrogen (secondary N) is 2. The Bertz CT molecular complexity index is 1480. The summed E-state index contributed by atoms with van der Waals surface area (Å²) in [5, 5.41) is 12.4. The van der Waals surface area contributed by atoms with Gasteiger partial charge < -0.3 is 15.5 Å². The molecule has 0 spiro atoms. The first-order valence-corrected chi connectivity index (χ1v) is 14.7. The lowest BCUT2D eigenvalue weighted by atomic mass is 10.1. The molecule has 2 N–H and O–H groups in total. The van der Waals surface area contributed by atoms with Gasteiger partial charge in [0, 0.05) is 44.5 Å². The molecule has 2 amide bonds. The Morgan fingerprint density at radius 1 is 1.18 bits per heavy atom. The number of hydrogen-bond donors (Lipinski definition) is 2. The van der Waals surface area contributed by atoms with Gasteiger partial charge in [0.05, 0.1) is 33.9 Å². The topological polar surface area (TPSA) is 108 Å². The van der Waals surface area contributed by atoms with Crippen molar-refractivity contribution in [3.63, 3.8) is 0 Å². The Balaban J connectivity index is 1.51. The minimum atomic E-state index is -0.158. The molecular formula is C29H36N8O2S. The van der Waals surface area contributed by atoms with Crippen molar-refractivity contribution in [2.24, 2.45) is 5.92 Å². The second-order valence-corrected chi connectivity index (χ2v) is 11.0. The standard InChI is InChI=1S/C29H36N8O2S/c1-5-35(6-2)19(3)16-31-29(39)21-14-24(33-26(15-21)36-11-9-20(18-36)28(38)30-4)22-17-32-37-12-10-23(34-27(22)37)25-8-7-13-40-25/h7-8,10,12-15,17,19-20H,5-6,9,11,16,18H2,1-4H3,(H,30,38)(H,31,39)/t19-,20+/m0/s1. The Labute approximate surface area is 238 Å². The summed E-state index contributed by atoms with van der Waals surface area (Å²) in [6.07, 6.45) is 4.37. The first-order valence-electron chi connectivity index (χ1n) is 13.8. The molecule has 1 saturated heterocycles. The summed E-state index contributed by atoms with van der Waals surface area (Å²) in [5.74, 6) is 0.416. The number of anilines is 1. The van der Waals surface area contributed by atoms with E-state index in [0.717, 1.165) is 35.6 Å². The van der Waals surface area contributed by atoms with Gasteiger partial charge in [-0.1, -0.05) is 19.9 Å². The maximum Gasteiger partial charge on any atom is 0.251 e. The molecular weight excluding hydrogens is 524 g/mol. The Morgan fingerprint density at radius 2 is 2.00 bits per heavy atom. The lowest BCUT2D eigenvalue weighted by Crippen LogP contribution is -2.42. The summed E-state index contributed by atoms with van der Waals surface area (Å²) in [7, 11) is 1.66. The van der Waals surface area contributed by atoms with E-state index >= 15 is 0 Å². The molecule has 0 aliphatic carbocycles. The molecule has 0 radical (unpaired) electrons. The Hall–Kier alpha value is -3.83. The number of pyridine rings is 1. The van der Waals surface area contributed by atoms with Crippen LogP contribution >= 0.6 is 11.3 Å². The third-order valence-corrected chi connectivity index (χ3v) is 8.51. The summed E-state index contributed by atoms with van der Waals surface area (Å²) in [6.45, 7) is 9.99. The van der Waals surface area contributed by atoms with Crippen LogP contribution in [0.5, 0.6) is 0 Å². The number of amides is 2. The van der Waals surface area contributed by atoms with Crippen LogP contribution in [0.4, 0.5) is 5.82 Å². The zero-order valence-corrected chi connectivity index (χ0v) is 24.2. The zero-order valence-electron chi connectivity index (χ0n) is 23.4. The molecule has 11 heteroatoms. The highest BCUT2D eigenvalue weighted by Crippen LogP contribution is 2.30. The molecule has 1 aliphatic heterocycles. The number of carbonyl (C=O) groups excluding carboxylic acids is 2. The number of carbonyl (C=O) groups is 2. The molecule has 2 atom stereocenters. The number of thiophene rings is 1. The number of nitrogens with zero attached hydrogens (tertiary/aromatic N) is 6. The fourth-order valence-electron chi connectivity index (χ4n) is 5.26. The molecule has 0 unspecified atom stereocenters. The van der Waals surface area contributed by atoms with Gasteiger partial charge in [0.1, 0.15) is 5.82 Å². The summed E-state index contributed by atoms with van der Waals surface area (Å²) >= 11 is 1.63. The summed E-state index contributed by atoms with van der Waals surface area (Å²) in [6, 6.07) is 9.83. The molecule has 4 aromatic heterocycles. The van der Waals surface area contributed by atoms with Gasteiger partial charge in [-0.3, -0.25) is 14.5 Å². The van der Waals surface area contributed by atoms with Crippen LogP contribution in [0, 0.1) is 5.92 Å². The van der Waals surface area contributed by atoms with Crippen LogP contribution in [0.25, 0.3) is 27.5 Å². The van der Waals surface area contributed by atoms with E-state index in [2.05, 4.69) is 46.3 Å². The van der Waals surface area contributed by atoms with Gasteiger partial charge in [0.25, 0.3) is 5.91 Å². The third-order valence-electron chi connectivity index (χ3n) is 7.62. The van der Waals surface area contributed by atoms with Crippen molar-refractivity contribution in [2.45, 2.75) is 33.2 Å². The third kappa shape index (κ3) is 5.71. The quantitative estimate of drug-likeness (QED) is 0.305. The molecule has 0 aromatic carbocycles. The monoisotopic (exact) mass is 560 g/mol. The molecule has 5 rings (SSSR count). The fourth-order valence-corrected chi connectivity index (χ4v) is 5.96. The maximum atomic E-state index is 13.5. The molecule has 10 nitrogen and oxygen atoms in total. The lowest BCUT2D eigenvalue weighted by Gasteiger charge is -2.26. The summed E-state index contributed by atoms with van der Waals surface area (Å²) < 4.78 is 1.73. The molecule has 1 fully saturated rings. The molecule has 0 saturated carbocycles. The Morgan fingerprint density at radius 3 is 2.73 bits per heavy atom. The zero-order chi connectivity index (χ0) is 28.2. The highest BCUT2D eigenvalue weighted by Gasteiger charge is 2.29. The minimum absolute atomic E-state index is 0.0231. The van der Waals surface area contributed by atoms with E-state index in [1.165, 1.54) is 0 Å². The van der Waals surface area contributed by atoms with Gasteiger partial charge in [-0.25, -0.2) is 14.5 Å². The van der Waals surface area contributed by atoms with Crippen molar-refractivity contribution < 1.29 is 9.59 Å². The predicted molar refractivity (Wildman–Crippen MR) is 159 cm³/mol. The smallest absolute Gasteiger partial charge is 0.251 e. The van der Waals surface area contributed by atoms with E-state index in [1.807, 2.05) is 41.9 Å². The number of hydrogen-bond acceptors (Lipinski definition) is 8. The van der Waals surface area contributed by atoms with Crippen LogP contribution in [-0.4, -0.2) is 82.1 Å². The van der Waals surface area contributed by atoms with Gasteiger partial charge in [-0.2, -0.15) is 5.10 Å². The largest absolute Gasteiger partial charge is 0.359 e. The number of rotatable bonds is 10. The first kappa shape index (κ1) is 27.7. The predicted octanol–water partition coefficient (Wildman–Crippen LogP) is 3.55. The molecule has 0 bridgehead atoms. The van der Waals surface area contributed by atoms with E-state index in [9.17, 15) is 9.59 Å². The molecule has 4 aromatic rings. The van der Waals surface area contributed by atoms with Crippen LogP contribution in [0.1, 0.15) is 37.6 Å². The maximum absolute atomic E-state index is 13.5. The van der Waals surface area contributed by atoms with Crippen LogP contribution in [0.2, 0.25) is 0 Å². The van der Waals surface area contributed by atoms with Crippen molar-refractivity contribution in [1.29, 1.82) is 0 Å². The Kier molecular flexibility index (Phi) is 8.41. The fraction of sp³-hybridized carbons (Fsp3) is 0.414. The second kappa shape index (κ2) is 12.1. The molecule has 5 heterocycles. The lowest BCUT2D eigenvalue weighted by molar-refractivity contribution is -0.123. The summed E-state index contributed by atoms with van der Waals surface area (Å²) in [4.78, 5) is 41.1. The van der Waals surface area contributed by atoms with Crippen molar-refractivity contribution >= 4 is 34.6 Å². The average molecular weight is 561 g/mol. The van der Waals surface area contributed by atoms with Gasteiger partial charge in [-0.05, 0) is 56.1 Å². The molecule has 40 heavy (non-hydrogen) atoms. The van der Waals surface area contributed by atoms with Gasteiger partial charge >= 0.3 is 0 Å². The van der Waals surface area contributed by atoms with Crippen LogP contribution in [0.3, 0.4) is 0 Å². The normalized spacial score (nSPS) is 16.0. The van der Waals surface area contributed by atoms with E-state index < -0.39 is 0 Å². The van der Waals surface area contributed by atoms with Crippen molar-refractivity contribution in [2.75, 3.05) is 44.7 Å². The van der Waals surface area contributed by atoms with E-state index in [0.29, 0.717) is 42.4 Å². The highest BCUT2D eigenvalue weighted by atomic mass is 32.1. The molecule has 1 aliphatic rings. The van der Waals surface area contributed by atoms with Crippen LogP contribution < -0.4 is 15.5 Å². The van der Waals surface area contributed by atoms with Gasteiger partial charge in [0.15, 0.2) is 5.65 Å². The second-order valence-electron chi connectivity index (χ2n) is 10.0. The minimum Gasteiger partial charge on any atom is -0.359 e.